The van der Waals surface area contributed by atoms with Crippen LogP contribution in [0.2, 0.25) is 5.02 Å². The third kappa shape index (κ3) is 2.56. The Morgan fingerprint density at radius 1 is 1.33 bits per heavy atom. The van der Waals surface area contributed by atoms with Crippen molar-refractivity contribution >= 4 is 34.2 Å². The normalized spacial score (nSPS) is 31.8. The molecule has 0 amide bonds. The maximum atomic E-state index is 6.36. The lowest BCUT2D eigenvalue weighted by atomic mass is 9.83. The molecular weight excluding hydrogens is 357 g/mol. The van der Waals surface area contributed by atoms with Crippen molar-refractivity contribution in [3.63, 3.8) is 0 Å². The highest BCUT2D eigenvalue weighted by Gasteiger charge is 2.39. The fourth-order valence-corrected chi connectivity index (χ4v) is 4.39. The fourth-order valence-electron chi connectivity index (χ4n) is 3.87. The van der Waals surface area contributed by atoms with Gasteiger partial charge in [0.1, 0.15) is 0 Å². The van der Waals surface area contributed by atoms with Crippen molar-refractivity contribution in [2.75, 3.05) is 0 Å². The number of rotatable bonds is 3. The van der Waals surface area contributed by atoms with Crippen LogP contribution in [0, 0.1) is 21.3 Å². The zero-order valence-electron chi connectivity index (χ0n) is 10.4. The smallest absolute Gasteiger partial charge is 0.0542 e. The molecular formula is C15H19ClIN. The largest absolute Gasteiger partial charge is 0.324 e. The molecule has 4 unspecified atom stereocenters. The quantitative estimate of drug-likeness (QED) is 0.757. The van der Waals surface area contributed by atoms with E-state index >= 15 is 0 Å². The molecule has 0 saturated heterocycles. The van der Waals surface area contributed by atoms with Crippen molar-refractivity contribution < 1.29 is 0 Å². The summed E-state index contributed by atoms with van der Waals surface area (Å²) in [5, 5.41) is 0.830. The molecule has 3 heteroatoms. The molecule has 1 aromatic carbocycles. The Morgan fingerprint density at radius 3 is 2.78 bits per heavy atom. The maximum Gasteiger partial charge on any atom is 0.0542 e. The predicted molar refractivity (Wildman–Crippen MR) is 84.7 cm³/mol. The van der Waals surface area contributed by atoms with Gasteiger partial charge in [0, 0.05) is 9.61 Å². The van der Waals surface area contributed by atoms with E-state index in [1.54, 1.807) is 0 Å². The van der Waals surface area contributed by atoms with Crippen LogP contribution in [-0.2, 0) is 0 Å². The number of nitrogens with two attached hydrogens (primary N) is 1. The van der Waals surface area contributed by atoms with E-state index in [1.807, 2.05) is 6.07 Å². The lowest BCUT2D eigenvalue weighted by molar-refractivity contribution is 0.296. The second kappa shape index (κ2) is 5.29. The Kier molecular flexibility index (Phi) is 3.88. The second-order valence-corrected chi connectivity index (χ2v) is 7.52. The van der Waals surface area contributed by atoms with E-state index in [0.29, 0.717) is 0 Å². The zero-order valence-corrected chi connectivity index (χ0v) is 13.3. The lowest BCUT2D eigenvalue weighted by Crippen LogP contribution is -2.19. The minimum Gasteiger partial charge on any atom is -0.324 e. The summed E-state index contributed by atoms with van der Waals surface area (Å²) in [5.74, 6) is 2.82. The van der Waals surface area contributed by atoms with Crippen LogP contribution < -0.4 is 5.73 Å². The molecule has 1 nitrogen and oxygen atoms in total. The highest BCUT2D eigenvalue weighted by Crippen LogP contribution is 2.50. The van der Waals surface area contributed by atoms with Crippen LogP contribution in [0.3, 0.4) is 0 Å². The molecule has 3 rings (SSSR count). The van der Waals surface area contributed by atoms with E-state index < -0.39 is 0 Å². The molecule has 18 heavy (non-hydrogen) atoms. The van der Waals surface area contributed by atoms with Gasteiger partial charge in [0.15, 0.2) is 0 Å². The average molecular weight is 376 g/mol. The molecule has 0 spiro atoms. The summed E-state index contributed by atoms with van der Waals surface area (Å²) in [6, 6.07) is 6.40. The number of halogens is 2. The maximum absolute atomic E-state index is 6.36. The topological polar surface area (TPSA) is 26.0 Å². The van der Waals surface area contributed by atoms with Gasteiger partial charge < -0.3 is 5.73 Å². The summed E-state index contributed by atoms with van der Waals surface area (Å²) < 4.78 is 1.10. The van der Waals surface area contributed by atoms with Gasteiger partial charge in [0.25, 0.3) is 0 Å². The zero-order chi connectivity index (χ0) is 12.7. The highest BCUT2D eigenvalue weighted by atomic mass is 127. The van der Waals surface area contributed by atoms with Gasteiger partial charge in [-0.25, -0.2) is 0 Å². The van der Waals surface area contributed by atoms with Crippen molar-refractivity contribution in [2.45, 2.75) is 38.1 Å². The molecule has 98 valence electrons. The fraction of sp³-hybridized carbons (Fsp3) is 0.600. The van der Waals surface area contributed by atoms with Gasteiger partial charge in [0.05, 0.1) is 5.02 Å². The Bertz CT molecular complexity index is 448. The molecule has 0 heterocycles. The summed E-state index contributed by atoms with van der Waals surface area (Å²) in [7, 11) is 0. The highest BCUT2D eigenvalue weighted by molar-refractivity contribution is 14.1. The average Bonchev–Trinajstić information content (AvgIpc) is 2.94. The summed E-state index contributed by atoms with van der Waals surface area (Å²) in [5.41, 5.74) is 7.56. The Labute approximate surface area is 128 Å². The van der Waals surface area contributed by atoms with E-state index in [9.17, 15) is 0 Å². The third-order valence-corrected chi connectivity index (χ3v) is 6.39. The van der Waals surface area contributed by atoms with Gasteiger partial charge in [-0.2, -0.15) is 0 Å². The van der Waals surface area contributed by atoms with Crippen molar-refractivity contribution in [2.24, 2.45) is 23.5 Å². The van der Waals surface area contributed by atoms with Crippen LogP contribution in [0.15, 0.2) is 18.2 Å². The molecule has 2 aliphatic carbocycles. The Hall–Kier alpha value is 0.200. The molecule has 4 atom stereocenters. The van der Waals surface area contributed by atoms with E-state index in [-0.39, 0.29) is 6.04 Å². The Balaban J connectivity index is 1.67. The molecule has 0 radical (unpaired) electrons. The van der Waals surface area contributed by atoms with Gasteiger partial charge in [-0.15, -0.1) is 0 Å². The summed E-state index contributed by atoms with van der Waals surface area (Å²) in [6.45, 7) is 0. The monoisotopic (exact) mass is 375 g/mol. The first-order chi connectivity index (χ1) is 8.63. The number of fused-ring (bicyclic) bond motifs is 2. The van der Waals surface area contributed by atoms with E-state index in [4.69, 9.17) is 17.3 Å². The third-order valence-electron chi connectivity index (χ3n) is 4.81. The molecule has 2 N–H and O–H groups in total. The number of hydrogen-bond acceptors (Lipinski definition) is 1. The van der Waals surface area contributed by atoms with Crippen LogP contribution in [0.25, 0.3) is 0 Å². The first-order valence-corrected chi connectivity index (χ1v) is 8.29. The summed E-state index contributed by atoms with van der Waals surface area (Å²) in [6.07, 6.45) is 6.92. The number of benzene rings is 1. The van der Waals surface area contributed by atoms with Crippen molar-refractivity contribution in [3.8, 4) is 0 Å². The molecule has 2 bridgehead atoms. The first kappa shape index (κ1) is 13.2. The summed E-state index contributed by atoms with van der Waals surface area (Å²) in [4.78, 5) is 0. The van der Waals surface area contributed by atoms with Crippen LogP contribution >= 0.6 is 34.2 Å². The van der Waals surface area contributed by atoms with Gasteiger partial charge in [0.2, 0.25) is 0 Å². The molecule has 0 aromatic heterocycles. The second-order valence-electron chi connectivity index (χ2n) is 5.95. The van der Waals surface area contributed by atoms with Crippen molar-refractivity contribution in [1.82, 2.24) is 0 Å². The van der Waals surface area contributed by atoms with Gasteiger partial charge in [-0.1, -0.05) is 24.1 Å². The first-order valence-electron chi connectivity index (χ1n) is 6.84. The van der Waals surface area contributed by atoms with Crippen LogP contribution in [0.1, 0.15) is 43.7 Å². The SMILES string of the molecule is NC(CC1CC2CCC1C2)c1ccc(I)c(Cl)c1. The molecule has 2 fully saturated rings. The minimum atomic E-state index is 0.156. The van der Waals surface area contributed by atoms with Gasteiger partial charge in [-0.05, 0) is 83.7 Å². The van der Waals surface area contributed by atoms with Crippen molar-refractivity contribution in [1.29, 1.82) is 0 Å². The lowest BCUT2D eigenvalue weighted by Gasteiger charge is -2.25. The molecule has 2 saturated carbocycles. The molecule has 0 aliphatic heterocycles. The van der Waals surface area contributed by atoms with Gasteiger partial charge in [-0.3, -0.25) is 0 Å². The van der Waals surface area contributed by atoms with Gasteiger partial charge >= 0.3 is 0 Å². The van der Waals surface area contributed by atoms with Crippen LogP contribution in [0.4, 0.5) is 0 Å². The standard InChI is InChI=1S/C15H19ClIN/c16-13-7-11(3-4-14(13)17)15(18)8-12-6-9-1-2-10(12)5-9/h3-4,7,9-10,12,15H,1-2,5-6,8,18H2. The van der Waals surface area contributed by atoms with Crippen molar-refractivity contribution in [3.05, 3.63) is 32.4 Å². The minimum absolute atomic E-state index is 0.156. The predicted octanol–water partition coefficient (Wildman–Crippen LogP) is 4.77. The molecule has 2 aliphatic rings. The molecule has 1 aromatic rings. The summed E-state index contributed by atoms with van der Waals surface area (Å²) >= 11 is 8.43. The van der Waals surface area contributed by atoms with E-state index in [1.165, 1.54) is 31.2 Å². The Morgan fingerprint density at radius 2 is 2.17 bits per heavy atom. The van der Waals surface area contributed by atoms with Crippen LogP contribution in [0.5, 0.6) is 0 Å². The number of hydrogen-bond donors (Lipinski definition) is 1. The van der Waals surface area contributed by atoms with Crippen LogP contribution in [-0.4, -0.2) is 0 Å². The van der Waals surface area contributed by atoms with E-state index in [2.05, 4.69) is 34.7 Å². The van der Waals surface area contributed by atoms with E-state index in [0.717, 1.165) is 32.8 Å².